The minimum atomic E-state index is -0.807. The smallest absolute Gasteiger partial charge is 0.328 e. The van der Waals surface area contributed by atoms with E-state index in [0.717, 1.165) is 0 Å². The van der Waals surface area contributed by atoms with Crippen molar-refractivity contribution in [3.05, 3.63) is 24.3 Å². The number of carbonyl (C=O) groups excluding carboxylic acids is 4. The quantitative estimate of drug-likeness (QED) is 0.610. The predicted octanol–water partition coefficient (Wildman–Crippen LogP) is 1.05. The zero-order valence-corrected chi connectivity index (χ0v) is 16.8. The van der Waals surface area contributed by atoms with E-state index in [1.807, 2.05) is 13.8 Å². The number of nitrogens with zero attached hydrogens (tertiary/aromatic N) is 1. The largest absolute Gasteiger partial charge is 0.482 e. The molecule has 0 saturated carbocycles. The first-order valence-electron chi connectivity index (χ1n) is 9.42. The molecule has 0 radical (unpaired) electrons. The van der Waals surface area contributed by atoms with Gasteiger partial charge in [0, 0.05) is 6.54 Å². The van der Waals surface area contributed by atoms with Gasteiger partial charge in [0.15, 0.2) is 13.2 Å². The van der Waals surface area contributed by atoms with Crippen molar-refractivity contribution in [3.8, 4) is 5.75 Å². The van der Waals surface area contributed by atoms with E-state index in [4.69, 9.17) is 14.2 Å². The van der Waals surface area contributed by atoms with Crippen LogP contribution in [-0.2, 0) is 28.7 Å². The van der Waals surface area contributed by atoms with Gasteiger partial charge in [-0.1, -0.05) is 32.4 Å². The lowest BCUT2D eigenvalue weighted by Gasteiger charge is -2.29. The normalized spacial score (nSPS) is 14.9. The predicted molar refractivity (Wildman–Crippen MR) is 103 cm³/mol. The summed E-state index contributed by atoms with van der Waals surface area (Å²) in [5, 5.41) is 2.53. The number of methoxy groups -OCH3 is 1. The summed E-state index contributed by atoms with van der Waals surface area (Å²) in [6.07, 6.45) is 0.577. The van der Waals surface area contributed by atoms with Gasteiger partial charge in [-0.05, 0) is 18.1 Å². The van der Waals surface area contributed by atoms with Crippen LogP contribution in [-0.4, -0.2) is 56.7 Å². The van der Waals surface area contributed by atoms with Gasteiger partial charge in [0.2, 0.25) is 0 Å². The summed E-state index contributed by atoms with van der Waals surface area (Å²) in [4.78, 5) is 49.4. The first-order chi connectivity index (χ1) is 13.9. The lowest BCUT2D eigenvalue weighted by atomic mass is 9.99. The van der Waals surface area contributed by atoms with Crippen LogP contribution in [0.2, 0.25) is 0 Å². The molecule has 2 atom stereocenters. The topological polar surface area (TPSA) is 111 Å². The lowest BCUT2D eigenvalue weighted by molar-refractivity contribution is -0.150. The summed E-state index contributed by atoms with van der Waals surface area (Å²) in [6, 6.07) is 6.23. The molecule has 0 aliphatic carbocycles. The number of esters is 2. The standard InChI is InChI=1S/C20H26N2O7/c1-4-13(2)19(20(26)27-3)21-16(23)11-29-18(25)9-10-22-14-7-5-6-8-15(14)28-12-17(22)24/h5-8,13,19H,4,9-12H2,1-3H3,(H,21,23)/t13-,19+/m1/s1. The fraction of sp³-hybridized carbons (Fsp3) is 0.500. The third-order valence-corrected chi connectivity index (χ3v) is 4.70. The van der Waals surface area contributed by atoms with Crippen molar-refractivity contribution in [2.75, 3.05) is 31.8 Å². The SMILES string of the molecule is CC[C@@H](C)[C@H](NC(=O)COC(=O)CCN1C(=O)COc2ccccc21)C(=O)OC. The van der Waals surface area contributed by atoms with Crippen LogP contribution in [0.25, 0.3) is 0 Å². The third-order valence-electron chi connectivity index (χ3n) is 4.70. The van der Waals surface area contributed by atoms with Gasteiger partial charge >= 0.3 is 11.9 Å². The van der Waals surface area contributed by atoms with Crippen LogP contribution >= 0.6 is 0 Å². The monoisotopic (exact) mass is 406 g/mol. The molecule has 2 rings (SSSR count). The molecule has 29 heavy (non-hydrogen) atoms. The molecule has 9 nitrogen and oxygen atoms in total. The molecule has 0 spiro atoms. The molecule has 0 aromatic heterocycles. The van der Waals surface area contributed by atoms with Crippen molar-refractivity contribution < 1.29 is 33.4 Å². The summed E-state index contributed by atoms with van der Waals surface area (Å²) in [5.74, 6) is -1.60. The maximum absolute atomic E-state index is 12.1. The third kappa shape index (κ3) is 5.94. The first kappa shape index (κ1) is 22.2. The molecular formula is C20H26N2O7. The minimum Gasteiger partial charge on any atom is -0.482 e. The van der Waals surface area contributed by atoms with Crippen LogP contribution in [0.3, 0.4) is 0 Å². The van der Waals surface area contributed by atoms with Crippen LogP contribution in [0.1, 0.15) is 26.7 Å². The van der Waals surface area contributed by atoms with Gasteiger partial charge in [-0.2, -0.15) is 0 Å². The Morgan fingerprint density at radius 1 is 1.28 bits per heavy atom. The second-order valence-corrected chi connectivity index (χ2v) is 6.67. The Kier molecular flexibility index (Phi) is 7.99. The number of benzene rings is 1. The number of rotatable bonds is 9. The van der Waals surface area contributed by atoms with Gasteiger partial charge < -0.3 is 24.4 Å². The summed E-state index contributed by atoms with van der Waals surface area (Å²) in [6.45, 7) is 3.19. The van der Waals surface area contributed by atoms with Crippen LogP contribution in [0.4, 0.5) is 5.69 Å². The van der Waals surface area contributed by atoms with Gasteiger partial charge in [0.1, 0.15) is 11.8 Å². The van der Waals surface area contributed by atoms with Crippen LogP contribution in [0.5, 0.6) is 5.75 Å². The minimum absolute atomic E-state index is 0.0842. The van der Waals surface area contributed by atoms with Gasteiger partial charge in [-0.15, -0.1) is 0 Å². The highest BCUT2D eigenvalue weighted by Gasteiger charge is 2.28. The molecule has 1 aliphatic heterocycles. The van der Waals surface area contributed by atoms with E-state index in [2.05, 4.69) is 5.32 Å². The van der Waals surface area contributed by atoms with E-state index in [9.17, 15) is 19.2 Å². The van der Waals surface area contributed by atoms with Crippen molar-refractivity contribution in [1.29, 1.82) is 0 Å². The van der Waals surface area contributed by atoms with Crippen LogP contribution in [0, 0.1) is 5.92 Å². The number of nitrogens with one attached hydrogen (secondary N) is 1. The fourth-order valence-electron chi connectivity index (χ4n) is 2.83. The van der Waals surface area contributed by atoms with Crippen molar-refractivity contribution >= 4 is 29.4 Å². The molecule has 2 amide bonds. The molecule has 158 valence electrons. The Labute approximate surface area is 169 Å². The Morgan fingerprint density at radius 3 is 2.69 bits per heavy atom. The Hall–Kier alpha value is -3.10. The van der Waals surface area contributed by atoms with Crippen molar-refractivity contribution in [1.82, 2.24) is 5.32 Å². The number of hydrogen-bond acceptors (Lipinski definition) is 7. The van der Waals surface area contributed by atoms with Gasteiger partial charge in [-0.25, -0.2) is 4.79 Å². The molecule has 0 saturated heterocycles. The van der Waals surface area contributed by atoms with Gasteiger partial charge in [-0.3, -0.25) is 14.4 Å². The Bertz CT molecular complexity index is 765. The first-order valence-corrected chi connectivity index (χ1v) is 9.42. The molecule has 0 unspecified atom stereocenters. The van der Waals surface area contributed by atoms with Crippen LogP contribution < -0.4 is 15.0 Å². The van der Waals surface area contributed by atoms with E-state index < -0.39 is 30.5 Å². The van der Waals surface area contributed by atoms with Crippen molar-refractivity contribution in [2.45, 2.75) is 32.7 Å². The van der Waals surface area contributed by atoms with E-state index in [1.165, 1.54) is 12.0 Å². The molecule has 1 aliphatic rings. The number of carbonyl (C=O) groups is 4. The number of anilines is 1. The molecule has 1 heterocycles. The Balaban J connectivity index is 1.83. The summed E-state index contributed by atoms with van der Waals surface area (Å²) in [7, 11) is 1.25. The van der Waals surface area contributed by atoms with Gasteiger partial charge in [0.25, 0.3) is 11.8 Å². The number of hydrogen-bond donors (Lipinski definition) is 1. The van der Waals surface area contributed by atoms with Crippen LogP contribution in [0.15, 0.2) is 24.3 Å². The van der Waals surface area contributed by atoms with Crippen molar-refractivity contribution in [2.24, 2.45) is 5.92 Å². The second kappa shape index (κ2) is 10.4. The molecule has 1 N–H and O–H groups in total. The van der Waals surface area contributed by atoms with Gasteiger partial charge in [0.05, 0.1) is 19.2 Å². The highest BCUT2D eigenvalue weighted by atomic mass is 16.5. The molecular weight excluding hydrogens is 380 g/mol. The van der Waals surface area contributed by atoms with E-state index >= 15 is 0 Å². The summed E-state index contributed by atoms with van der Waals surface area (Å²) in [5.41, 5.74) is 0.587. The Morgan fingerprint density at radius 2 is 2.00 bits per heavy atom. The average Bonchev–Trinajstić information content (AvgIpc) is 2.74. The summed E-state index contributed by atoms with van der Waals surface area (Å²) < 4.78 is 15.0. The molecule has 9 heteroatoms. The lowest BCUT2D eigenvalue weighted by Crippen LogP contribution is -2.47. The highest BCUT2D eigenvalue weighted by molar-refractivity contribution is 5.98. The van der Waals surface area contributed by atoms with E-state index in [0.29, 0.717) is 17.9 Å². The maximum Gasteiger partial charge on any atom is 0.328 e. The van der Waals surface area contributed by atoms with E-state index in [1.54, 1.807) is 24.3 Å². The maximum atomic E-state index is 12.1. The molecule has 0 fully saturated rings. The molecule has 1 aromatic carbocycles. The van der Waals surface area contributed by atoms with E-state index in [-0.39, 0.29) is 31.4 Å². The van der Waals surface area contributed by atoms with Crippen molar-refractivity contribution in [3.63, 3.8) is 0 Å². The molecule has 0 bridgehead atoms. The second-order valence-electron chi connectivity index (χ2n) is 6.67. The number of fused-ring (bicyclic) bond motifs is 1. The average molecular weight is 406 g/mol. The summed E-state index contributed by atoms with van der Waals surface area (Å²) >= 11 is 0. The number of amides is 2. The fourth-order valence-corrected chi connectivity index (χ4v) is 2.83. The molecule has 1 aromatic rings. The zero-order chi connectivity index (χ0) is 21.4. The number of para-hydroxylation sites is 2. The highest BCUT2D eigenvalue weighted by Crippen LogP contribution is 2.31. The number of ether oxygens (including phenoxy) is 3. The zero-order valence-electron chi connectivity index (χ0n) is 16.8.